The Balaban J connectivity index is 2.09. The van der Waals surface area contributed by atoms with E-state index in [2.05, 4.69) is 0 Å². The molecule has 1 N–H and O–H groups in total. The Kier molecular flexibility index (Phi) is 4.04. The SMILES string of the molecule is O=C(O)CC1CCN(C(=O)c2cccc(F)c2Cl)C1. The summed E-state index contributed by atoms with van der Waals surface area (Å²) in [6.45, 7) is 0.849. The first kappa shape index (κ1) is 13.8. The number of likely N-dealkylation sites (tertiary alicyclic amines) is 1. The fourth-order valence-corrected chi connectivity index (χ4v) is 2.48. The number of carbonyl (C=O) groups is 2. The van der Waals surface area contributed by atoms with Crippen LogP contribution in [0.5, 0.6) is 0 Å². The predicted molar refractivity (Wildman–Crippen MR) is 67.7 cm³/mol. The average Bonchev–Trinajstić information content (AvgIpc) is 2.79. The molecule has 2 rings (SSSR count). The maximum atomic E-state index is 13.3. The number of nitrogens with zero attached hydrogens (tertiary/aromatic N) is 1. The number of aliphatic carboxylic acids is 1. The van der Waals surface area contributed by atoms with Crippen molar-refractivity contribution in [1.29, 1.82) is 0 Å². The van der Waals surface area contributed by atoms with Gasteiger partial charge < -0.3 is 10.0 Å². The van der Waals surface area contributed by atoms with Crippen molar-refractivity contribution in [3.05, 3.63) is 34.6 Å². The molecule has 0 aromatic heterocycles. The lowest BCUT2D eigenvalue weighted by molar-refractivity contribution is -0.138. The van der Waals surface area contributed by atoms with Crippen molar-refractivity contribution in [2.24, 2.45) is 5.92 Å². The van der Waals surface area contributed by atoms with Crippen LogP contribution in [0.15, 0.2) is 18.2 Å². The molecule has 0 aliphatic carbocycles. The van der Waals surface area contributed by atoms with E-state index in [4.69, 9.17) is 16.7 Å². The van der Waals surface area contributed by atoms with E-state index in [-0.39, 0.29) is 28.8 Å². The summed E-state index contributed by atoms with van der Waals surface area (Å²) in [5.74, 6) is -1.90. The van der Waals surface area contributed by atoms with Gasteiger partial charge in [0.05, 0.1) is 10.6 Å². The zero-order valence-corrected chi connectivity index (χ0v) is 10.9. The molecular weight excluding hydrogens is 273 g/mol. The highest BCUT2D eigenvalue weighted by Gasteiger charge is 2.29. The normalized spacial score (nSPS) is 18.6. The number of hydrogen-bond acceptors (Lipinski definition) is 2. The number of halogens is 2. The summed E-state index contributed by atoms with van der Waals surface area (Å²) in [6, 6.07) is 4.09. The van der Waals surface area contributed by atoms with Crippen LogP contribution >= 0.6 is 11.6 Å². The van der Waals surface area contributed by atoms with Crippen LogP contribution in [0, 0.1) is 11.7 Å². The summed E-state index contributed by atoms with van der Waals surface area (Å²) in [6.07, 6.45) is 0.686. The summed E-state index contributed by atoms with van der Waals surface area (Å²) in [5, 5.41) is 8.54. The largest absolute Gasteiger partial charge is 0.481 e. The molecule has 1 aromatic carbocycles. The van der Waals surface area contributed by atoms with Crippen LogP contribution in [0.3, 0.4) is 0 Å². The van der Waals surface area contributed by atoms with Crippen LogP contribution in [0.2, 0.25) is 5.02 Å². The molecule has 102 valence electrons. The first-order valence-electron chi connectivity index (χ1n) is 5.94. The van der Waals surface area contributed by atoms with Gasteiger partial charge in [-0.2, -0.15) is 0 Å². The molecule has 1 saturated heterocycles. The lowest BCUT2D eigenvalue weighted by atomic mass is 10.1. The van der Waals surface area contributed by atoms with E-state index in [1.807, 2.05) is 0 Å². The molecule has 4 nitrogen and oxygen atoms in total. The van der Waals surface area contributed by atoms with E-state index < -0.39 is 11.8 Å². The second kappa shape index (κ2) is 5.57. The van der Waals surface area contributed by atoms with Crippen LogP contribution in [-0.4, -0.2) is 35.0 Å². The minimum Gasteiger partial charge on any atom is -0.481 e. The van der Waals surface area contributed by atoms with Gasteiger partial charge in [-0.3, -0.25) is 9.59 Å². The van der Waals surface area contributed by atoms with E-state index in [1.54, 1.807) is 0 Å². The highest BCUT2D eigenvalue weighted by molar-refractivity contribution is 6.34. The van der Waals surface area contributed by atoms with Gasteiger partial charge in [0.15, 0.2) is 0 Å². The Bertz CT molecular complexity index is 521. The van der Waals surface area contributed by atoms with Crippen molar-refractivity contribution in [1.82, 2.24) is 4.90 Å². The van der Waals surface area contributed by atoms with E-state index in [1.165, 1.54) is 23.1 Å². The number of benzene rings is 1. The topological polar surface area (TPSA) is 57.6 Å². The number of rotatable bonds is 3. The van der Waals surface area contributed by atoms with Crippen molar-refractivity contribution in [2.75, 3.05) is 13.1 Å². The number of amides is 1. The van der Waals surface area contributed by atoms with Gasteiger partial charge in [-0.1, -0.05) is 17.7 Å². The average molecular weight is 286 g/mol. The van der Waals surface area contributed by atoms with Crippen molar-refractivity contribution in [3.8, 4) is 0 Å². The first-order chi connectivity index (χ1) is 8.99. The van der Waals surface area contributed by atoms with Gasteiger partial charge >= 0.3 is 5.97 Å². The predicted octanol–water partition coefficient (Wildman–Crippen LogP) is 2.42. The van der Waals surface area contributed by atoms with Gasteiger partial charge in [0.25, 0.3) is 5.91 Å². The van der Waals surface area contributed by atoms with Crippen molar-refractivity contribution < 1.29 is 19.1 Å². The lowest BCUT2D eigenvalue weighted by Gasteiger charge is -2.17. The molecule has 0 spiro atoms. The highest BCUT2D eigenvalue weighted by atomic mass is 35.5. The van der Waals surface area contributed by atoms with E-state index in [0.717, 1.165) is 0 Å². The Morgan fingerprint density at radius 1 is 1.47 bits per heavy atom. The third kappa shape index (κ3) is 3.04. The van der Waals surface area contributed by atoms with E-state index >= 15 is 0 Å². The molecule has 0 radical (unpaired) electrons. The van der Waals surface area contributed by atoms with Crippen molar-refractivity contribution in [3.63, 3.8) is 0 Å². The molecule has 1 aromatic rings. The standard InChI is InChI=1S/C13H13ClFNO3/c14-12-9(2-1-3-10(12)15)13(19)16-5-4-8(7-16)6-11(17)18/h1-3,8H,4-7H2,(H,17,18). The summed E-state index contributed by atoms with van der Waals surface area (Å²) < 4.78 is 13.3. The number of carboxylic acids is 1. The molecule has 19 heavy (non-hydrogen) atoms. The Hall–Kier alpha value is -1.62. The third-order valence-electron chi connectivity index (χ3n) is 3.22. The molecule has 6 heteroatoms. The molecule has 0 bridgehead atoms. The van der Waals surface area contributed by atoms with Gasteiger partial charge in [-0.05, 0) is 24.5 Å². The summed E-state index contributed by atoms with van der Waals surface area (Å²) in [7, 11) is 0. The zero-order chi connectivity index (χ0) is 14.0. The molecule has 1 aliphatic rings. The Morgan fingerprint density at radius 3 is 2.89 bits per heavy atom. The second-order valence-corrected chi connectivity index (χ2v) is 4.98. The second-order valence-electron chi connectivity index (χ2n) is 4.61. The molecule has 1 amide bonds. The fraction of sp³-hybridized carbons (Fsp3) is 0.385. The van der Waals surface area contributed by atoms with E-state index in [0.29, 0.717) is 19.5 Å². The maximum absolute atomic E-state index is 13.3. The number of carboxylic acid groups (broad SMARTS) is 1. The van der Waals surface area contributed by atoms with Gasteiger partial charge in [-0.15, -0.1) is 0 Å². The molecule has 1 heterocycles. The minimum atomic E-state index is -0.872. The van der Waals surface area contributed by atoms with Crippen LogP contribution in [0.25, 0.3) is 0 Å². The molecule has 0 saturated carbocycles. The van der Waals surface area contributed by atoms with Crippen molar-refractivity contribution in [2.45, 2.75) is 12.8 Å². The van der Waals surface area contributed by atoms with Gasteiger partial charge in [0, 0.05) is 19.5 Å². The van der Waals surface area contributed by atoms with Gasteiger partial charge in [0.2, 0.25) is 0 Å². The highest BCUT2D eigenvalue weighted by Crippen LogP contribution is 2.25. The van der Waals surface area contributed by atoms with Crippen LogP contribution in [0.1, 0.15) is 23.2 Å². The first-order valence-corrected chi connectivity index (χ1v) is 6.32. The molecular formula is C13H13ClFNO3. The summed E-state index contributed by atoms with van der Waals surface area (Å²) >= 11 is 5.77. The van der Waals surface area contributed by atoms with Crippen LogP contribution in [0.4, 0.5) is 4.39 Å². The number of hydrogen-bond donors (Lipinski definition) is 1. The van der Waals surface area contributed by atoms with Gasteiger partial charge in [-0.25, -0.2) is 4.39 Å². The summed E-state index contributed by atoms with van der Waals surface area (Å²) in [5.41, 5.74) is 0.123. The minimum absolute atomic E-state index is 0.0423. The maximum Gasteiger partial charge on any atom is 0.303 e. The van der Waals surface area contributed by atoms with Crippen molar-refractivity contribution >= 4 is 23.5 Å². The Morgan fingerprint density at radius 2 is 2.21 bits per heavy atom. The molecule has 1 atom stereocenters. The fourth-order valence-electron chi connectivity index (χ4n) is 2.27. The van der Waals surface area contributed by atoms with E-state index in [9.17, 15) is 14.0 Å². The Labute approximate surface area is 114 Å². The smallest absolute Gasteiger partial charge is 0.303 e. The van der Waals surface area contributed by atoms with Crippen LogP contribution in [-0.2, 0) is 4.79 Å². The van der Waals surface area contributed by atoms with Crippen LogP contribution < -0.4 is 0 Å². The third-order valence-corrected chi connectivity index (χ3v) is 3.60. The number of carbonyl (C=O) groups excluding carboxylic acids is 1. The molecule has 1 fully saturated rings. The zero-order valence-electron chi connectivity index (χ0n) is 10.1. The monoisotopic (exact) mass is 285 g/mol. The lowest BCUT2D eigenvalue weighted by Crippen LogP contribution is -2.29. The quantitative estimate of drug-likeness (QED) is 0.928. The summed E-state index contributed by atoms with van der Waals surface area (Å²) in [4.78, 5) is 24.3. The van der Waals surface area contributed by atoms with Gasteiger partial charge in [0.1, 0.15) is 5.82 Å². The molecule has 1 unspecified atom stereocenters. The molecule has 1 aliphatic heterocycles.